The third-order valence-corrected chi connectivity index (χ3v) is 9.90. The van der Waals surface area contributed by atoms with Crippen molar-refractivity contribution in [3.05, 3.63) is 54.1 Å². The van der Waals surface area contributed by atoms with Crippen LogP contribution in [0.2, 0.25) is 18.1 Å². The molecule has 0 bridgehead atoms. The Morgan fingerprint density at radius 3 is 2.04 bits per heavy atom. The van der Waals surface area contributed by atoms with E-state index in [0.717, 1.165) is 5.56 Å². The predicted octanol–water partition coefficient (Wildman–Crippen LogP) is 5.03. The van der Waals surface area contributed by atoms with E-state index in [4.69, 9.17) is 4.43 Å². The molecule has 0 radical (unpaired) electrons. The van der Waals surface area contributed by atoms with Gasteiger partial charge < -0.3 is 14.6 Å². The fraction of sp³-hybridized carbons (Fsp3) is 0.545. The number of allylic oxidation sites excluding steroid dienone is 2. The Labute approximate surface area is 160 Å². The number of aliphatic hydroxyl groups is 2. The summed E-state index contributed by atoms with van der Waals surface area (Å²) >= 11 is 0. The van der Waals surface area contributed by atoms with E-state index in [2.05, 4.69) is 33.9 Å². The summed E-state index contributed by atoms with van der Waals surface area (Å²) in [5.41, 5.74) is 0.592. The van der Waals surface area contributed by atoms with Gasteiger partial charge in [-0.15, -0.1) is 0 Å². The summed E-state index contributed by atoms with van der Waals surface area (Å²) < 4.78 is 6.13. The molecule has 0 saturated carbocycles. The van der Waals surface area contributed by atoms with E-state index in [-0.39, 0.29) is 18.3 Å². The van der Waals surface area contributed by atoms with E-state index in [0.29, 0.717) is 19.4 Å². The molecule has 1 aromatic carbocycles. The lowest BCUT2D eigenvalue weighted by Crippen LogP contribution is -2.40. The Bertz CT molecular complexity index is 567. The second-order valence-corrected chi connectivity index (χ2v) is 13.4. The van der Waals surface area contributed by atoms with Gasteiger partial charge in [0.1, 0.15) is 0 Å². The molecule has 146 valence electrons. The summed E-state index contributed by atoms with van der Waals surface area (Å²) in [6, 6.07) is 10.0. The van der Waals surface area contributed by atoms with Gasteiger partial charge in [0.05, 0.1) is 19.8 Å². The van der Waals surface area contributed by atoms with Crippen molar-refractivity contribution in [1.29, 1.82) is 0 Å². The van der Waals surface area contributed by atoms with E-state index >= 15 is 0 Å². The highest BCUT2D eigenvalue weighted by molar-refractivity contribution is 6.74. The minimum absolute atomic E-state index is 0.0456. The summed E-state index contributed by atoms with van der Waals surface area (Å²) in [4.78, 5) is 0. The lowest BCUT2D eigenvalue weighted by atomic mass is 9.82. The standard InChI is InChI=1S/C22H36O3Si/c1-21(2,3)26(4,5)25-17-10-9-15-22(18-23,19-24)16-11-14-20-12-7-6-8-13-20/h6-14,23-24H,15-19H2,1-5H3/b10-9+,14-11+. The average molecular weight is 377 g/mol. The highest BCUT2D eigenvalue weighted by atomic mass is 28.4. The lowest BCUT2D eigenvalue weighted by molar-refractivity contribution is 0.0593. The molecule has 26 heavy (non-hydrogen) atoms. The van der Waals surface area contributed by atoms with Crippen LogP contribution >= 0.6 is 0 Å². The van der Waals surface area contributed by atoms with Gasteiger partial charge in [0, 0.05) is 5.41 Å². The zero-order valence-electron chi connectivity index (χ0n) is 17.0. The molecular weight excluding hydrogens is 340 g/mol. The van der Waals surface area contributed by atoms with Crippen LogP contribution in [0.3, 0.4) is 0 Å². The van der Waals surface area contributed by atoms with Crippen LogP contribution in [0, 0.1) is 5.41 Å². The van der Waals surface area contributed by atoms with Crippen LogP contribution in [-0.2, 0) is 4.43 Å². The predicted molar refractivity (Wildman–Crippen MR) is 114 cm³/mol. The van der Waals surface area contributed by atoms with Gasteiger partial charge in [-0.2, -0.15) is 0 Å². The van der Waals surface area contributed by atoms with Crippen LogP contribution in [0.15, 0.2) is 48.6 Å². The van der Waals surface area contributed by atoms with Crippen LogP contribution in [0.5, 0.6) is 0 Å². The minimum Gasteiger partial charge on any atom is -0.413 e. The molecule has 0 spiro atoms. The molecule has 0 aromatic heterocycles. The van der Waals surface area contributed by atoms with E-state index in [1.807, 2.05) is 54.6 Å². The Morgan fingerprint density at radius 1 is 0.923 bits per heavy atom. The molecule has 0 saturated heterocycles. The molecule has 1 aromatic rings. The Kier molecular flexibility index (Phi) is 8.97. The fourth-order valence-corrected chi connectivity index (χ4v) is 3.22. The molecule has 2 N–H and O–H groups in total. The van der Waals surface area contributed by atoms with Gasteiger partial charge in [0.25, 0.3) is 0 Å². The smallest absolute Gasteiger partial charge is 0.192 e. The molecule has 4 heteroatoms. The highest BCUT2D eigenvalue weighted by Crippen LogP contribution is 2.36. The van der Waals surface area contributed by atoms with Crippen molar-refractivity contribution in [3.63, 3.8) is 0 Å². The van der Waals surface area contributed by atoms with Gasteiger partial charge in [0.15, 0.2) is 8.32 Å². The third kappa shape index (κ3) is 7.20. The summed E-state index contributed by atoms with van der Waals surface area (Å²) in [5.74, 6) is 0. The van der Waals surface area contributed by atoms with Crippen molar-refractivity contribution in [3.8, 4) is 0 Å². The van der Waals surface area contributed by atoms with Gasteiger partial charge in [-0.3, -0.25) is 0 Å². The number of hydrogen-bond acceptors (Lipinski definition) is 3. The number of hydrogen-bond donors (Lipinski definition) is 2. The Hall–Kier alpha value is -1.20. The van der Waals surface area contributed by atoms with Crippen LogP contribution < -0.4 is 0 Å². The van der Waals surface area contributed by atoms with Gasteiger partial charge in [0.2, 0.25) is 0 Å². The van der Waals surface area contributed by atoms with Crippen LogP contribution in [0.4, 0.5) is 0 Å². The molecule has 0 aliphatic rings. The first-order valence-corrected chi connectivity index (χ1v) is 12.3. The van der Waals surface area contributed by atoms with Gasteiger partial charge >= 0.3 is 0 Å². The SMILES string of the molecule is CC(C)(C)[Si](C)(C)OC/C=C/CC(CO)(CO)C/C=C/c1ccccc1. The molecule has 0 heterocycles. The van der Waals surface area contributed by atoms with E-state index < -0.39 is 13.7 Å². The molecule has 3 nitrogen and oxygen atoms in total. The number of rotatable bonds is 10. The number of aliphatic hydroxyl groups excluding tert-OH is 2. The monoisotopic (exact) mass is 376 g/mol. The van der Waals surface area contributed by atoms with E-state index in [9.17, 15) is 10.2 Å². The van der Waals surface area contributed by atoms with Crippen molar-refractivity contribution in [1.82, 2.24) is 0 Å². The lowest BCUT2D eigenvalue weighted by Gasteiger charge is -2.35. The normalized spacial score (nSPS) is 13.8. The molecule has 0 aliphatic heterocycles. The Morgan fingerprint density at radius 2 is 1.50 bits per heavy atom. The average Bonchev–Trinajstić information content (AvgIpc) is 2.60. The molecule has 0 atom stereocenters. The molecular formula is C22H36O3Si. The zero-order chi connectivity index (χ0) is 19.7. The van der Waals surface area contributed by atoms with Crippen LogP contribution in [-0.4, -0.2) is 38.4 Å². The first-order chi connectivity index (χ1) is 12.2. The maximum Gasteiger partial charge on any atom is 0.192 e. The molecule has 0 fully saturated rings. The molecule has 0 unspecified atom stereocenters. The van der Waals surface area contributed by atoms with E-state index in [1.54, 1.807) is 0 Å². The summed E-state index contributed by atoms with van der Waals surface area (Å²) in [6.45, 7) is 11.6. The quantitative estimate of drug-likeness (QED) is 0.445. The maximum absolute atomic E-state index is 9.81. The van der Waals surface area contributed by atoms with Crippen molar-refractivity contribution in [2.24, 2.45) is 5.41 Å². The fourth-order valence-electron chi connectivity index (χ4n) is 2.28. The van der Waals surface area contributed by atoms with Crippen molar-refractivity contribution in [2.75, 3.05) is 19.8 Å². The van der Waals surface area contributed by atoms with Crippen molar-refractivity contribution in [2.45, 2.75) is 51.7 Å². The zero-order valence-corrected chi connectivity index (χ0v) is 18.0. The first-order valence-electron chi connectivity index (χ1n) is 9.38. The first kappa shape index (κ1) is 22.8. The second-order valence-electron chi connectivity index (χ2n) is 8.58. The molecule has 1 rings (SSSR count). The van der Waals surface area contributed by atoms with Crippen molar-refractivity contribution >= 4 is 14.4 Å². The Balaban J connectivity index is 2.57. The van der Waals surface area contributed by atoms with Gasteiger partial charge in [-0.25, -0.2) is 0 Å². The molecule has 0 aliphatic carbocycles. The van der Waals surface area contributed by atoms with Gasteiger partial charge in [-0.1, -0.05) is 75.4 Å². The molecule has 0 amide bonds. The summed E-state index contributed by atoms with van der Waals surface area (Å²) in [6.07, 6.45) is 9.35. The van der Waals surface area contributed by atoms with Crippen LogP contribution in [0.1, 0.15) is 39.2 Å². The largest absolute Gasteiger partial charge is 0.413 e. The number of benzene rings is 1. The summed E-state index contributed by atoms with van der Waals surface area (Å²) in [7, 11) is -1.74. The topological polar surface area (TPSA) is 49.7 Å². The van der Waals surface area contributed by atoms with E-state index in [1.165, 1.54) is 0 Å². The van der Waals surface area contributed by atoms with Gasteiger partial charge in [-0.05, 0) is 36.5 Å². The highest BCUT2D eigenvalue weighted by Gasteiger charge is 2.36. The third-order valence-electron chi connectivity index (χ3n) is 5.40. The second kappa shape index (κ2) is 10.2. The maximum atomic E-state index is 9.81. The van der Waals surface area contributed by atoms with Crippen LogP contribution in [0.25, 0.3) is 6.08 Å². The van der Waals surface area contributed by atoms with Crippen molar-refractivity contribution < 1.29 is 14.6 Å². The minimum atomic E-state index is -1.74. The summed E-state index contributed by atoms with van der Waals surface area (Å²) in [5, 5.41) is 19.8.